The van der Waals surface area contributed by atoms with Crippen LogP contribution in [0.5, 0.6) is 0 Å². The van der Waals surface area contributed by atoms with E-state index in [1.807, 2.05) is 6.92 Å². The lowest BCUT2D eigenvalue weighted by molar-refractivity contribution is -0.183. The van der Waals surface area contributed by atoms with E-state index in [1.54, 1.807) is 0 Å². The van der Waals surface area contributed by atoms with Gasteiger partial charge in [0.25, 0.3) is 0 Å². The molecule has 0 saturated heterocycles. The first-order valence-corrected chi connectivity index (χ1v) is 17.0. The molecule has 0 bridgehead atoms. The Kier molecular flexibility index (Phi) is 9.73. The Labute approximate surface area is 260 Å². The zero-order chi connectivity index (χ0) is 29.6. The maximum Gasteiger partial charge on any atom is 0.407 e. The molecule has 5 fully saturated rings. The Balaban J connectivity index is 1.43. The average molecular weight is 637 g/mol. The zero-order valence-corrected chi connectivity index (χ0v) is 27.0. The van der Waals surface area contributed by atoms with Gasteiger partial charge in [0.15, 0.2) is 0 Å². The largest absolute Gasteiger partial charge is 0.462 e. The fourth-order valence-electron chi connectivity index (χ4n) is 10.1. The first kappa shape index (κ1) is 31.9. The minimum atomic E-state index is -1.70. The summed E-state index contributed by atoms with van der Waals surface area (Å²) >= 11 is 17.6. The highest BCUT2D eigenvalue weighted by molar-refractivity contribution is 6.67. The number of alkyl halides is 3. The van der Waals surface area contributed by atoms with Gasteiger partial charge in [0, 0.05) is 12.6 Å². The predicted molar refractivity (Wildman–Crippen MR) is 159 cm³/mol. The summed E-state index contributed by atoms with van der Waals surface area (Å²) in [6.07, 6.45) is 10.0. The lowest BCUT2D eigenvalue weighted by Crippen LogP contribution is -2.64. The zero-order valence-electron chi connectivity index (χ0n) is 24.7. The first-order valence-electron chi connectivity index (χ1n) is 15.9. The van der Waals surface area contributed by atoms with Crippen molar-refractivity contribution in [2.24, 2.45) is 40.4 Å². The first-order chi connectivity index (χ1) is 19.4. The summed E-state index contributed by atoms with van der Waals surface area (Å²) in [6.45, 7) is 6.75. The summed E-state index contributed by atoms with van der Waals surface area (Å²) in [4.78, 5) is 26.8. The van der Waals surface area contributed by atoms with Crippen LogP contribution in [0, 0.1) is 40.4 Å². The monoisotopic (exact) mass is 635 g/mol. The van der Waals surface area contributed by atoms with Crippen molar-refractivity contribution >= 4 is 46.9 Å². The topological polar surface area (TPSA) is 94.1 Å². The van der Waals surface area contributed by atoms with Crippen molar-refractivity contribution < 1.29 is 28.9 Å². The molecule has 0 radical (unpaired) electrons. The quantitative estimate of drug-likeness (QED) is 0.242. The lowest BCUT2D eigenvalue weighted by Gasteiger charge is -2.63. The Morgan fingerprint density at radius 1 is 0.976 bits per heavy atom. The molecule has 10 atom stereocenters. The number of alkyl carbamates (subject to hydrolysis) is 1. The molecule has 41 heavy (non-hydrogen) atoms. The molecule has 0 aliphatic heterocycles. The number of esters is 1. The third-order valence-electron chi connectivity index (χ3n) is 11.8. The fourth-order valence-corrected chi connectivity index (χ4v) is 10.3. The van der Waals surface area contributed by atoms with E-state index in [2.05, 4.69) is 19.2 Å². The van der Waals surface area contributed by atoms with Gasteiger partial charge in [-0.1, -0.05) is 55.1 Å². The number of hydrogen-bond acceptors (Lipinski definition) is 6. The summed E-state index contributed by atoms with van der Waals surface area (Å²) in [7, 11) is 0. The van der Waals surface area contributed by atoms with Crippen molar-refractivity contribution in [1.29, 1.82) is 0 Å². The Morgan fingerprint density at radius 2 is 1.71 bits per heavy atom. The van der Waals surface area contributed by atoms with Gasteiger partial charge in [-0.05, 0) is 112 Å². The van der Waals surface area contributed by atoms with Crippen molar-refractivity contribution in [2.75, 3.05) is 13.2 Å². The molecule has 0 aromatic rings. The molecule has 0 spiro atoms. The second kappa shape index (κ2) is 12.5. The normalized spacial score (nSPS) is 42.9. The molecule has 5 aliphatic rings. The van der Waals surface area contributed by atoms with E-state index in [9.17, 15) is 14.7 Å². The molecule has 234 valence electrons. The van der Waals surface area contributed by atoms with E-state index in [1.165, 1.54) is 6.42 Å². The Morgan fingerprint density at radius 3 is 2.39 bits per heavy atom. The van der Waals surface area contributed by atoms with Crippen molar-refractivity contribution in [3.05, 3.63) is 0 Å². The molecule has 5 aliphatic carbocycles. The van der Waals surface area contributed by atoms with Gasteiger partial charge in [-0.3, -0.25) is 4.79 Å². The summed E-state index contributed by atoms with van der Waals surface area (Å²) in [5.41, 5.74) is -0.437. The third-order valence-corrected chi connectivity index (χ3v) is 12.1. The minimum absolute atomic E-state index is 0.0274. The van der Waals surface area contributed by atoms with Gasteiger partial charge in [-0.2, -0.15) is 0 Å². The van der Waals surface area contributed by atoms with Gasteiger partial charge in [0.1, 0.15) is 12.7 Å². The summed E-state index contributed by atoms with van der Waals surface area (Å²) in [6, 6.07) is -0.225. The molecule has 2 N–H and O–H groups in total. The highest BCUT2D eigenvalue weighted by atomic mass is 35.6. The van der Waals surface area contributed by atoms with Crippen LogP contribution >= 0.6 is 34.8 Å². The molecule has 5 rings (SSSR count). The number of aliphatic hydroxyl groups excluding tert-OH is 1. The highest BCUT2D eigenvalue weighted by Crippen LogP contribution is 2.67. The molecule has 10 heteroatoms. The highest BCUT2D eigenvalue weighted by Gasteiger charge is 2.65. The standard InChI is InChI=1S/C31H48Cl3NO6/c1-4-39-25-16-29(2)18(14-24(25)36)10-11-20-21-12-13-22(27(37)41-19-8-6-5-7-9-19)30(21,3)15-23(26(20)29)35-28(38)40-17-31(32,33)34/h18-26,36H,4-17H2,1-3H3,(H,35,38)/t18?,20-,21-,22?,23?,24?,25?,26-,29-,30-/m0/s1. The van der Waals surface area contributed by atoms with Crippen LogP contribution in [0.4, 0.5) is 4.79 Å². The number of fused-ring (bicyclic) bond motifs is 5. The van der Waals surface area contributed by atoms with Crippen LogP contribution in [-0.2, 0) is 19.0 Å². The second-order valence-corrected chi connectivity index (χ2v) is 16.6. The second-order valence-electron chi connectivity index (χ2n) is 14.1. The van der Waals surface area contributed by atoms with Gasteiger partial charge in [-0.25, -0.2) is 4.79 Å². The number of carbonyl (C=O) groups is 2. The number of halogens is 3. The molecule has 1 amide bonds. The van der Waals surface area contributed by atoms with Gasteiger partial charge in [0.2, 0.25) is 3.79 Å². The van der Waals surface area contributed by atoms with Crippen LogP contribution in [-0.4, -0.2) is 58.5 Å². The van der Waals surface area contributed by atoms with E-state index in [0.29, 0.717) is 37.2 Å². The van der Waals surface area contributed by atoms with Crippen LogP contribution in [0.3, 0.4) is 0 Å². The van der Waals surface area contributed by atoms with Crippen LogP contribution in [0.1, 0.15) is 97.8 Å². The number of hydrogen-bond donors (Lipinski definition) is 2. The smallest absolute Gasteiger partial charge is 0.407 e. The lowest BCUT2D eigenvalue weighted by atomic mass is 9.43. The molecule has 5 unspecified atom stereocenters. The number of aliphatic hydroxyl groups is 1. The van der Waals surface area contributed by atoms with Gasteiger partial charge >= 0.3 is 12.1 Å². The summed E-state index contributed by atoms with van der Waals surface area (Å²) in [5.74, 6) is 0.931. The SMILES string of the molecule is CCOC1C[C@@]2(C)C(CC[C@@H]3[C@H]2C(NC(=O)OCC(Cl)(Cl)Cl)C[C@]2(C)C(C(=O)OC4CCCCC4)CC[C@@H]32)CC1O. The molecule has 0 aromatic heterocycles. The Hall–Kier alpha value is -0.470. The van der Waals surface area contributed by atoms with E-state index in [0.717, 1.165) is 57.8 Å². The molecule has 0 aromatic carbocycles. The van der Waals surface area contributed by atoms with Crippen molar-refractivity contribution in [1.82, 2.24) is 5.32 Å². The van der Waals surface area contributed by atoms with Gasteiger partial charge < -0.3 is 24.6 Å². The average Bonchev–Trinajstić information content (AvgIpc) is 3.25. The van der Waals surface area contributed by atoms with Gasteiger partial charge in [0.05, 0.1) is 18.1 Å². The number of ether oxygens (including phenoxy) is 3. The number of carbonyl (C=O) groups excluding carboxylic acids is 2. The Bertz CT molecular complexity index is 957. The minimum Gasteiger partial charge on any atom is -0.462 e. The van der Waals surface area contributed by atoms with Crippen LogP contribution < -0.4 is 5.32 Å². The molecule has 5 saturated carbocycles. The van der Waals surface area contributed by atoms with Crippen molar-refractivity contribution in [3.63, 3.8) is 0 Å². The van der Waals surface area contributed by atoms with Crippen LogP contribution in [0.25, 0.3) is 0 Å². The number of amides is 1. The predicted octanol–water partition coefficient (Wildman–Crippen LogP) is 6.97. The van der Waals surface area contributed by atoms with E-state index >= 15 is 0 Å². The maximum absolute atomic E-state index is 13.7. The van der Waals surface area contributed by atoms with Crippen molar-refractivity contribution in [2.45, 2.75) is 126 Å². The molecule has 0 heterocycles. The van der Waals surface area contributed by atoms with E-state index in [4.69, 9.17) is 49.0 Å². The van der Waals surface area contributed by atoms with E-state index < -0.39 is 16.0 Å². The molecular weight excluding hydrogens is 589 g/mol. The van der Waals surface area contributed by atoms with Gasteiger partial charge in [-0.15, -0.1) is 0 Å². The van der Waals surface area contributed by atoms with E-state index in [-0.39, 0.29) is 53.5 Å². The summed E-state index contributed by atoms with van der Waals surface area (Å²) < 4.78 is 15.8. The fraction of sp³-hybridized carbons (Fsp3) is 0.935. The maximum atomic E-state index is 13.7. The van der Waals surface area contributed by atoms with Crippen LogP contribution in [0.15, 0.2) is 0 Å². The summed E-state index contributed by atoms with van der Waals surface area (Å²) in [5, 5.41) is 14.1. The third kappa shape index (κ3) is 6.50. The van der Waals surface area contributed by atoms with Crippen LogP contribution in [0.2, 0.25) is 0 Å². The number of rotatable bonds is 6. The van der Waals surface area contributed by atoms with Crippen molar-refractivity contribution in [3.8, 4) is 0 Å². The molecular formula is C31H48Cl3NO6. The number of nitrogens with one attached hydrogen (secondary N) is 1. The molecule has 7 nitrogen and oxygen atoms in total.